The lowest BCUT2D eigenvalue weighted by Gasteiger charge is -2.12. The monoisotopic (exact) mass is 393 g/mol. The van der Waals surface area contributed by atoms with Gasteiger partial charge in [-0.1, -0.05) is 13.0 Å². The van der Waals surface area contributed by atoms with Crippen molar-refractivity contribution in [2.45, 2.75) is 19.5 Å². The predicted molar refractivity (Wildman–Crippen MR) is 87.4 cm³/mol. The first-order chi connectivity index (χ1) is 12.0. The summed E-state index contributed by atoms with van der Waals surface area (Å²) in [5.41, 5.74) is 0.453. The minimum absolute atomic E-state index is 0.0218. The van der Waals surface area contributed by atoms with E-state index in [1.165, 1.54) is 12.1 Å². The van der Waals surface area contributed by atoms with E-state index >= 15 is 0 Å². The van der Waals surface area contributed by atoms with Crippen molar-refractivity contribution in [2.75, 3.05) is 10.5 Å². The van der Waals surface area contributed by atoms with E-state index in [1.807, 2.05) is 6.92 Å². The number of hydrogen-bond donors (Lipinski definition) is 2. The molecule has 0 radical (unpaired) electrons. The van der Waals surface area contributed by atoms with Gasteiger partial charge in [0.2, 0.25) is 10.0 Å². The summed E-state index contributed by atoms with van der Waals surface area (Å²) in [4.78, 5) is 0. The first kappa shape index (κ1) is 19.8. The number of phenolic OH excluding ortho intramolecular Hbond substituents is 1. The number of sulfonamides is 1. The second kappa shape index (κ2) is 7.40. The third-order valence-corrected chi connectivity index (χ3v) is 4.46. The minimum Gasteiger partial charge on any atom is -0.504 e. The van der Waals surface area contributed by atoms with Gasteiger partial charge in [-0.05, 0) is 36.2 Å². The van der Waals surface area contributed by atoms with Crippen LogP contribution >= 0.6 is 0 Å². The number of rotatable bonds is 6. The summed E-state index contributed by atoms with van der Waals surface area (Å²) in [5, 5.41) is 9.84. The molecule has 0 aliphatic heterocycles. The third kappa shape index (κ3) is 5.51. The van der Waals surface area contributed by atoms with Crippen molar-refractivity contribution in [1.29, 1.82) is 0 Å². The van der Waals surface area contributed by atoms with Crippen LogP contribution in [0.5, 0.6) is 17.2 Å². The van der Waals surface area contributed by atoms with Crippen LogP contribution < -0.4 is 9.46 Å². The Morgan fingerprint density at radius 1 is 1.12 bits per heavy atom. The van der Waals surface area contributed by atoms with Crippen molar-refractivity contribution < 1.29 is 35.8 Å². The van der Waals surface area contributed by atoms with Gasteiger partial charge in [-0.15, -0.1) is 0 Å². The van der Waals surface area contributed by atoms with Gasteiger partial charge in [0.15, 0.2) is 28.8 Å². The molecule has 0 bridgehead atoms. The number of aryl methyl sites for hydroxylation is 1. The maximum absolute atomic E-state index is 14.1. The molecular formula is C16H15F4NO4S. The van der Waals surface area contributed by atoms with E-state index in [-0.39, 0.29) is 22.9 Å². The highest BCUT2D eigenvalue weighted by molar-refractivity contribution is 7.92. The lowest BCUT2D eigenvalue weighted by molar-refractivity contribution is -0.106. The van der Waals surface area contributed by atoms with Crippen LogP contribution in [0.4, 0.5) is 23.2 Å². The highest BCUT2D eigenvalue weighted by Crippen LogP contribution is 2.33. The van der Waals surface area contributed by atoms with E-state index in [4.69, 9.17) is 4.74 Å². The Morgan fingerprint density at radius 3 is 2.31 bits per heavy atom. The number of ether oxygens (including phenoxy) is 1. The van der Waals surface area contributed by atoms with Crippen molar-refractivity contribution in [3.63, 3.8) is 0 Å². The Bertz CT molecular complexity index is 898. The number of phenols is 1. The molecule has 2 N–H and O–H groups in total. The second-order valence-corrected chi connectivity index (χ2v) is 7.10. The molecule has 2 aromatic carbocycles. The third-order valence-electron chi connectivity index (χ3n) is 3.21. The molecule has 0 heterocycles. The van der Waals surface area contributed by atoms with Crippen molar-refractivity contribution in [2.24, 2.45) is 0 Å². The number of halogens is 4. The van der Waals surface area contributed by atoms with Crippen LogP contribution in [0.15, 0.2) is 36.4 Å². The number of alkyl halides is 3. The number of benzene rings is 2. The van der Waals surface area contributed by atoms with Crippen molar-refractivity contribution in [3.05, 3.63) is 47.8 Å². The van der Waals surface area contributed by atoms with Crippen LogP contribution in [0, 0.1) is 5.82 Å². The van der Waals surface area contributed by atoms with Crippen LogP contribution in [0.2, 0.25) is 0 Å². The van der Waals surface area contributed by atoms with Gasteiger partial charge < -0.3 is 9.84 Å². The molecule has 0 spiro atoms. The van der Waals surface area contributed by atoms with Gasteiger partial charge in [0.1, 0.15) is 0 Å². The minimum atomic E-state index is -4.92. The molecule has 0 fully saturated rings. The van der Waals surface area contributed by atoms with E-state index < -0.39 is 27.8 Å². The van der Waals surface area contributed by atoms with E-state index in [0.717, 1.165) is 17.7 Å². The van der Waals surface area contributed by atoms with Gasteiger partial charge in [-0.25, -0.2) is 12.8 Å². The standard InChI is InChI=1S/C16H15F4NO4S/c1-2-10-3-5-15(13(22)7-10)25-14-6-4-11(8-12(14)17)21-26(23,24)9-16(18,19)20/h3-8,21-22H,2,9H2,1H3. The molecule has 0 saturated heterocycles. The summed E-state index contributed by atoms with van der Waals surface area (Å²) >= 11 is 0. The van der Waals surface area contributed by atoms with Gasteiger partial charge in [-0.3, -0.25) is 4.72 Å². The number of hydrogen-bond acceptors (Lipinski definition) is 4. The highest BCUT2D eigenvalue weighted by atomic mass is 32.2. The van der Waals surface area contributed by atoms with Crippen molar-refractivity contribution >= 4 is 15.7 Å². The number of aromatic hydroxyl groups is 1. The van der Waals surface area contributed by atoms with E-state index in [2.05, 4.69) is 0 Å². The Hall–Kier alpha value is -2.49. The molecule has 0 amide bonds. The zero-order chi connectivity index (χ0) is 19.5. The Labute approximate surface area is 147 Å². The van der Waals surface area contributed by atoms with Gasteiger partial charge >= 0.3 is 6.18 Å². The number of anilines is 1. The topological polar surface area (TPSA) is 75.6 Å². The zero-order valence-corrected chi connectivity index (χ0v) is 14.3. The molecule has 0 atom stereocenters. The van der Waals surface area contributed by atoms with Gasteiger partial charge in [0, 0.05) is 6.07 Å². The van der Waals surface area contributed by atoms with Gasteiger partial charge in [0.25, 0.3) is 0 Å². The fourth-order valence-electron chi connectivity index (χ4n) is 2.07. The van der Waals surface area contributed by atoms with Crippen LogP contribution in [0.25, 0.3) is 0 Å². The molecule has 0 aliphatic rings. The summed E-state index contributed by atoms with van der Waals surface area (Å²) < 4.78 is 80.3. The summed E-state index contributed by atoms with van der Waals surface area (Å²) in [6.45, 7) is 1.88. The molecule has 0 saturated carbocycles. The van der Waals surface area contributed by atoms with Crippen molar-refractivity contribution in [3.8, 4) is 17.2 Å². The largest absolute Gasteiger partial charge is 0.504 e. The molecule has 2 aromatic rings. The maximum atomic E-state index is 14.1. The average molecular weight is 393 g/mol. The van der Waals surface area contributed by atoms with Crippen LogP contribution in [-0.4, -0.2) is 25.5 Å². The molecule has 0 aliphatic carbocycles. The lowest BCUT2D eigenvalue weighted by Crippen LogP contribution is -2.27. The highest BCUT2D eigenvalue weighted by Gasteiger charge is 2.35. The fourth-order valence-corrected chi connectivity index (χ4v) is 3.06. The van der Waals surface area contributed by atoms with Gasteiger partial charge in [0.05, 0.1) is 5.69 Å². The summed E-state index contributed by atoms with van der Waals surface area (Å²) in [6.07, 6.45) is -4.25. The van der Waals surface area contributed by atoms with Crippen LogP contribution in [-0.2, 0) is 16.4 Å². The summed E-state index contributed by atoms with van der Waals surface area (Å²) in [7, 11) is -4.72. The normalized spacial score (nSPS) is 12.0. The maximum Gasteiger partial charge on any atom is 0.404 e. The Balaban J connectivity index is 2.17. The summed E-state index contributed by atoms with van der Waals surface area (Å²) in [5.74, 6) is -3.66. The van der Waals surface area contributed by atoms with E-state index in [9.17, 15) is 31.1 Å². The van der Waals surface area contributed by atoms with Crippen LogP contribution in [0.1, 0.15) is 12.5 Å². The lowest BCUT2D eigenvalue weighted by atomic mass is 10.1. The molecule has 0 unspecified atom stereocenters. The fraction of sp³-hybridized carbons (Fsp3) is 0.250. The molecule has 5 nitrogen and oxygen atoms in total. The second-order valence-electron chi connectivity index (χ2n) is 5.38. The van der Waals surface area contributed by atoms with Crippen molar-refractivity contribution in [1.82, 2.24) is 0 Å². The molecule has 26 heavy (non-hydrogen) atoms. The van der Waals surface area contributed by atoms with E-state index in [1.54, 1.807) is 10.8 Å². The smallest absolute Gasteiger partial charge is 0.404 e. The zero-order valence-electron chi connectivity index (χ0n) is 13.5. The molecule has 0 aromatic heterocycles. The molecule has 10 heteroatoms. The van der Waals surface area contributed by atoms with Crippen LogP contribution in [0.3, 0.4) is 0 Å². The predicted octanol–water partition coefficient (Wildman–Crippen LogP) is 4.19. The van der Waals surface area contributed by atoms with E-state index in [0.29, 0.717) is 12.5 Å². The summed E-state index contributed by atoms with van der Waals surface area (Å²) in [6, 6.07) is 7.32. The molecule has 2 rings (SSSR count). The average Bonchev–Trinajstić information content (AvgIpc) is 2.48. The molecular weight excluding hydrogens is 378 g/mol. The quantitative estimate of drug-likeness (QED) is 0.722. The Kier molecular flexibility index (Phi) is 5.65. The molecule has 142 valence electrons. The first-order valence-corrected chi connectivity index (χ1v) is 9.01. The number of nitrogens with one attached hydrogen (secondary N) is 1. The van der Waals surface area contributed by atoms with Gasteiger partial charge in [-0.2, -0.15) is 13.2 Å². The first-order valence-electron chi connectivity index (χ1n) is 7.35. The SMILES string of the molecule is CCc1ccc(Oc2ccc(NS(=O)(=O)CC(F)(F)F)cc2F)c(O)c1. The Morgan fingerprint density at radius 2 is 1.77 bits per heavy atom.